The summed E-state index contributed by atoms with van der Waals surface area (Å²) in [5.41, 5.74) is 0. The molecule has 0 aromatic heterocycles. The van der Waals surface area contributed by atoms with Gasteiger partial charge in [-0.25, -0.2) is 4.39 Å². The van der Waals surface area contributed by atoms with Gasteiger partial charge in [-0.15, -0.1) is 12.1 Å². The summed E-state index contributed by atoms with van der Waals surface area (Å²) in [7, 11) is -8.67. The molecule has 0 saturated carbocycles. The van der Waals surface area contributed by atoms with Gasteiger partial charge in [0, 0.05) is 11.6 Å². The molecule has 0 heterocycles. The zero-order valence-electron chi connectivity index (χ0n) is 12.7. The molecule has 12 N–H and O–H groups in total. The summed E-state index contributed by atoms with van der Waals surface area (Å²) >= 11 is 0. The molecule has 0 amide bonds. The molecule has 1 aromatic rings. The van der Waals surface area contributed by atoms with Gasteiger partial charge in [-0.2, -0.15) is 12.1 Å². The van der Waals surface area contributed by atoms with Gasteiger partial charge < -0.3 is 60.3 Å². The first-order valence-electron chi connectivity index (χ1n) is 5.22. The first kappa shape index (κ1) is 35.5. The largest absolute Gasteiger partial charge is 1.00 e. The van der Waals surface area contributed by atoms with Crippen LogP contribution in [0.25, 0.3) is 0 Å². The number of hydrogen-bond donors (Lipinski definition) is 12. The third-order valence-corrected chi connectivity index (χ3v) is 0.759. The molecule has 0 saturated heterocycles. The third-order valence-electron chi connectivity index (χ3n) is 0.759. The molecule has 1 rings (SSSR count). The molecule has 0 aliphatic rings. The van der Waals surface area contributed by atoms with Crippen molar-refractivity contribution in [3.8, 4) is 0 Å². The summed E-state index contributed by atoms with van der Waals surface area (Å²) in [6.45, 7) is 0. The molecule has 19 heteroatoms. The van der Waals surface area contributed by atoms with Crippen LogP contribution in [0.4, 0.5) is 8.78 Å². The minimum atomic E-state index is -2.17. The van der Waals surface area contributed by atoms with Gasteiger partial charge >= 0.3 is 48.1 Å². The van der Waals surface area contributed by atoms with Crippen LogP contribution in [-0.2, 0) is 0 Å². The SMILES string of the molecule is Fc1[c-]cccc1F.OB(O)O.OB(O)O.OB(O)O.OB(O)O.[Li+]. The Morgan fingerprint density at radius 3 is 1.00 bits per heavy atom. The van der Waals surface area contributed by atoms with Crippen LogP contribution in [0.2, 0.25) is 0 Å². The summed E-state index contributed by atoms with van der Waals surface area (Å²) in [6.07, 6.45) is 0. The Morgan fingerprint density at radius 1 is 0.640 bits per heavy atom. The van der Waals surface area contributed by atoms with Crippen LogP contribution in [-0.4, -0.2) is 89.6 Å². The normalized spacial score (nSPS) is 7.28. The maximum Gasteiger partial charge on any atom is 1.00 e. The van der Waals surface area contributed by atoms with E-state index in [0.717, 1.165) is 6.07 Å². The molecule has 1 aromatic carbocycles. The molecule has 0 radical (unpaired) electrons. The minimum Gasteiger partial charge on any atom is -0.402 e. The van der Waals surface area contributed by atoms with Gasteiger partial charge in [0.05, 0.1) is 0 Å². The molecule has 12 nitrogen and oxygen atoms in total. The first-order chi connectivity index (χ1) is 10.7. The Labute approximate surface area is 153 Å². The van der Waals surface area contributed by atoms with E-state index in [4.69, 9.17) is 60.3 Å². The fraction of sp³-hybridized carbons (Fsp3) is 0. The quantitative estimate of drug-likeness (QED) is 0.151. The average molecular weight is 367 g/mol. The van der Waals surface area contributed by atoms with E-state index in [0.29, 0.717) is 0 Å². The Morgan fingerprint density at radius 2 is 0.880 bits per heavy atom. The maximum absolute atomic E-state index is 11.9. The van der Waals surface area contributed by atoms with Crippen molar-refractivity contribution in [1.29, 1.82) is 0 Å². The fourth-order valence-electron chi connectivity index (χ4n) is 0.396. The number of rotatable bonds is 0. The molecular weight excluding hydrogens is 352 g/mol. The Hall–Kier alpha value is -0.543. The van der Waals surface area contributed by atoms with E-state index in [1.807, 2.05) is 0 Å². The van der Waals surface area contributed by atoms with Crippen LogP contribution in [0.1, 0.15) is 0 Å². The van der Waals surface area contributed by atoms with E-state index in [-0.39, 0.29) is 18.9 Å². The van der Waals surface area contributed by atoms with Crippen molar-refractivity contribution in [3.05, 3.63) is 35.9 Å². The minimum absolute atomic E-state index is 0. The third kappa shape index (κ3) is 98.8. The van der Waals surface area contributed by atoms with Crippen LogP contribution in [0.5, 0.6) is 0 Å². The molecule has 25 heavy (non-hydrogen) atoms. The topological polar surface area (TPSA) is 243 Å². The molecular formula is C6H15B4F2LiO12. The molecule has 0 fully saturated rings. The second-order valence-corrected chi connectivity index (χ2v) is 2.72. The molecule has 0 aliphatic carbocycles. The Kier molecular flexibility index (Phi) is 36.5. The Balaban J connectivity index is -0.0000000695. The fourth-order valence-corrected chi connectivity index (χ4v) is 0.396. The zero-order valence-corrected chi connectivity index (χ0v) is 12.7. The van der Waals surface area contributed by atoms with Crippen LogP contribution in [0, 0.1) is 17.7 Å². The van der Waals surface area contributed by atoms with E-state index in [1.54, 1.807) is 0 Å². The second-order valence-electron chi connectivity index (χ2n) is 2.72. The molecule has 0 bridgehead atoms. The van der Waals surface area contributed by atoms with Gasteiger partial charge in [0.2, 0.25) is 0 Å². The Bertz CT molecular complexity index is 310. The molecule has 0 unspecified atom stereocenters. The van der Waals surface area contributed by atoms with Crippen LogP contribution in [0.15, 0.2) is 18.2 Å². The zero-order chi connectivity index (χ0) is 20.3. The van der Waals surface area contributed by atoms with Gasteiger partial charge in [0.25, 0.3) is 0 Å². The van der Waals surface area contributed by atoms with Crippen molar-refractivity contribution in [2.24, 2.45) is 0 Å². The van der Waals surface area contributed by atoms with Crippen molar-refractivity contribution >= 4 is 29.3 Å². The molecule has 0 spiro atoms. The van der Waals surface area contributed by atoms with E-state index in [2.05, 4.69) is 6.07 Å². The van der Waals surface area contributed by atoms with Gasteiger partial charge in [-0.3, -0.25) is 4.39 Å². The van der Waals surface area contributed by atoms with Crippen LogP contribution < -0.4 is 18.9 Å². The van der Waals surface area contributed by atoms with Gasteiger partial charge in [0.15, 0.2) is 0 Å². The smallest absolute Gasteiger partial charge is 0.402 e. The monoisotopic (exact) mass is 368 g/mol. The van der Waals surface area contributed by atoms with Crippen molar-refractivity contribution in [2.45, 2.75) is 0 Å². The maximum atomic E-state index is 11.9. The van der Waals surface area contributed by atoms with Crippen molar-refractivity contribution in [3.63, 3.8) is 0 Å². The van der Waals surface area contributed by atoms with Crippen molar-refractivity contribution in [2.75, 3.05) is 0 Å². The predicted octanol–water partition coefficient (Wildman–Crippen LogP) is -9.44. The molecule has 0 aliphatic heterocycles. The molecule has 0 atom stereocenters. The van der Waals surface area contributed by atoms with E-state index < -0.39 is 40.9 Å². The van der Waals surface area contributed by atoms with Crippen LogP contribution >= 0.6 is 0 Å². The van der Waals surface area contributed by atoms with E-state index >= 15 is 0 Å². The summed E-state index contributed by atoms with van der Waals surface area (Å²) in [5.74, 6) is -1.78. The summed E-state index contributed by atoms with van der Waals surface area (Å²) in [5, 5.41) is 86.0. The van der Waals surface area contributed by atoms with Gasteiger partial charge in [-0.05, 0) is 0 Å². The van der Waals surface area contributed by atoms with Crippen molar-refractivity contribution < 1.29 is 87.9 Å². The average Bonchev–Trinajstić information content (AvgIpc) is 2.30. The summed E-state index contributed by atoms with van der Waals surface area (Å²) in [6, 6.07) is 5.81. The first-order valence-corrected chi connectivity index (χ1v) is 5.22. The number of benzene rings is 1. The van der Waals surface area contributed by atoms with Gasteiger partial charge in [-0.1, -0.05) is 0 Å². The summed E-state index contributed by atoms with van der Waals surface area (Å²) < 4.78 is 23.8. The van der Waals surface area contributed by atoms with Gasteiger partial charge in [0.1, 0.15) is 0 Å². The van der Waals surface area contributed by atoms with Crippen molar-refractivity contribution in [1.82, 2.24) is 0 Å². The van der Waals surface area contributed by atoms with E-state index in [9.17, 15) is 8.78 Å². The van der Waals surface area contributed by atoms with Crippen LogP contribution in [0.3, 0.4) is 0 Å². The summed E-state index contributed by atoms with van der Waals surface area (Å²) in [4.78, 5) is 0. The number of hydrogen-bond acceptors (Lipinski definition) is 12. The molecule has 138 valence electrons. The number of halogens is 2. The predicted molar refractivity (Wildman–Crippen MR) is 74.8 cm³/mol. The van der Waals surface area contributed by atoms with E-state index in [1.165, 1.54) is 12.1 Å². The second kappa shape index (κ2) is 25.7. The standard InChI is InChI=1S/C6H3F2.4BH3O3.Li/c7-5-3-1-2-4-6(5)8;4*2-1(3)4;/h1-3H;4*2-4H;/q-1;;;;;+1.